The molecular weight excluding hydrogens is 562 g/mol. The van der Waals surface area contributed by atoms with E-state index in [1.807, 2.05) is 29.8 Å². The van der Waals surface area contributed by atoms with Gasteiger partial charge in [0.25, 0.3) is 7.52 Å². The van der Waals surface area contributed by atoms with E-state index in [0.717, 1.165) is 0 Å². The van der Waals surface area contributed by atoms with Crippen LogP contribution in [0.4, 0.5) is 28.8 Å². The number of rotatable bonds is 11. The maximum atomic E-state index is 13.7. The van der Waals surface area contributed by atoms with Crippen molar-refractivity contribution < 1.29 is 18.6 Å². The second-order valence-electron chi connectivity index (χ2n) is 8.50. The first-order valence-electron chi connectivity index (χ1n) is 12.2. The minimum Gasteiger partial charge on any atom is -0.379 e. The molecule has 1 aliphatic rings. The van der Waals surface area contributed by atoms with E-state index in [0.29, 0.717) is 71.4 Å². The Hall–Kier alpha value is -2.98. The number of nitrogens with one attached hydrogen (secondary N) is 3. The molecule has 1 fully saturated rings. The molecule has 0 aliphatic carbocycles. The van der Waals surface area contributed by atoms with Crippen LogP contribution in [0, 0.1) is 0 Å². The van der Waals surface area contributed by atoms with Gasteiger partial charge in [0.2, 0.25) is 11.9 Å². The summed E-state index contributed by atoms with van der Waals surface area (Å²) in [6, 6.07) is 12.4. The van der Waals surface area contributed by atoms with Crippen molar-refractivity contribution in [3.05, 3.63) is 76.9 Å². The zero-order valence-corrected chi connectivity index (χ0v) is 23.7. The number of anilines is 5. The number of morpholine rings is 1. The zero-order chi connectivity index (χ0) is 27.8. The number of aromatic nitrogens is 2. The van der Waals surface area contributed by atoms with E-state index in [-0.39, 0.29) is 18.0 Å². The Kier molecular flexibility index (Phi) is 9.96. The molecule has 39 heavy (non-hydrogen) atoms. The van der Waals surface area contributed by atoms with Gasteiger partial charge in [0, 0.05) is 35.2 Å². The first-order valence-corrected chi connectivity index (χ1v) is 14.8. The van der Waals surface area contributed by atoms with Crippen LogP contribution in [0.1, 0.15) is 12.5 Å². The SMILES string of the molecule is C=CC(=O)Nc1cccc(Nc2nc(Nc3ccc(CP(=O)(OCC)N4CCOCC4)c(Cl)c3)ncc2Cl)c1. The van der Waals surface area contributed by atoms with Gasteiger partial charge in [-0.3, -0.25) is 9.36 Å². The van der Waals surface area contributed by atoms with Crippen molar-refractivity contribution >= 4 is 65.5 Å². The molecule has 1 aromatic heterocycles. The van der Waals surface area contributed by atoms with E-state index in [1.54, 1.807) is 24.3 Å². The van der Waals surface area contributed by atoms with Gasteiger partial charge in [-0.1, -0.05) is 41.9 Å². The summed E-state index contributed by atoms with van der Waals surface area (Å²) in [6.45, 7) is 7.75. The Balaban J connectivity index is 1.47. The molecule has 2 heterocycles. The lowest BCUT2D eigenvalue weighted by atomic mass is 10.2. The van der Waals surface area contributed by atoms with Crippen LogP contribution in [0.2, 0.25) is 10.0 Å². The Morgan fingerprint density at radius 1 is 1.13 bits per heavy atom. The second-order valence-corrected chi connectivity index (χ2v) is 11.7. The standard InChI is InChI=1S/C26H29Cl2N6O4P/c1-3-24(35)30-19-6-5-7-20(14-19)31-25-23(28)16-29-26(33-25)32-21-9-8-18(22(27)15-21)17-39(36,38-4-2)34-10-12-37-13-11-34/h3,5-9,14-16H,1,4,10-13,17H2,2H3,(H,30,35)(H2,29,31,32,33). The summed E-state index contributed by atoms with van der Waals surface area (Å²) in [5.74, 6) is 0.340. The minimum absolute atomic E-state index is 0.192. The monoisotopic (exact) mass is 590 g/mol. The van der Waals surface area contributed by atoms with E-state index >= 15 is 0 Å². The molecule has 3 aromatic rings. The highest BCUT2D eigenvalue weighted by Crippen LogP contribution is 2.54. The van der Waals surface area contributed by atoms with Gasteiger partial charge in [0.15, 0.2) is 5.82 Å². The molecule has 13 heteroatoms. The molecule has 4 rings (SSSR count). The van der Waals surface area contributed by atoms with Gasteiger partial charge in [0.05, 0.1) is 32.2 Å². The summed E-state index contributed by atoms with van der Waals surface area (Å²) in [6.07, 6.45) is 2.86. The fourth-order valence-electron chi connectivity index (χ4n) is 3.90. The third kappa shape index (κ3) is 7.79. The lowest BCUT2D eigenvalue weighted by Crippen LogP contribution is -2.35. The van der Waals surface area contributed by atoms with Crippen molar-refractivity contribution in [2.75, 3.05) is 48.9 Å². The molecule has 0 bridgehead atoms. The molecule has 0 radical (unpaired) electrons. The van der Waals surface area contributed by atoms with Crippen molar-refractivity contribution in [2.45, 2.75) is 13.1 Å². The van der Waals surface area contributed by atoms with Gasteiger partial charge < -0.3 is 25.2 Å². The van der Waals surface area contributed by atoms with Gasteiger partial charge in [-0.15, -0.1) is 0 Å². The normalized spacial score (nSPS) is 15.3. The first kappa shape index (κ1) is 29.0. The van der Waals surface area contributed by atoms with Crippen LogP contribution in [0.15, 0.2) is 61.3 Å². The maximum absolute atomic E-state index is 13.7. The molecule has 10 nitrogen and oxygen atoms in total. The van der Waals surface area contributed by atoms with E-state index in [4.69, 9.17) is 32.5 Å². The van der Waals surface area contributed by atoms with Gasteiger partial charge in [-0.05, 0) is 48.9 Å². The maximum Gasteiger partial charge on any atom is 0.276 e. The number of hydrogen-bond donors (Lipinski definition) is 3. The van der Waals surface area contributed by atoms with Crippen LogP contribution < -0.4 is 16.0 Å². The van der Waals surface area contributed by atoms with Gasteiger partial charge in [-0.2, -0.15) is 4.98 Å². The van der Waals surface area contributed by atoms with Crippen LogP contribution in [-0.4, -0.2) is 53.5 Å². The van der Waals surface area contributed by atoms with Crippen LogP contribution in [0.25, 0.3) is 0 Å². The van der Waals surface area contributed by atoms with E-state index < -0.39 is 7.52 Å². The van der Waals surface area contributed by atoms with Crippen LogP contribution in [-0.2, 0) is 24.8 Å². The smallest absolute Gasteiger partial charge is 0.276 e. The summed E-state index contributed by atoms with van der Waals surface area (Å²) in [5, 5.41) is 9.71. The number of hydrogen-bond acceptors (Lipinski definition) is 8. The van der Waals surface area contributed by atoms with Gasteiger partial charge >= 0.3 is 0 Å². The molecular formula is C26H29Cl2N6O4P. The molecule has 2 aromatic carbocycles. The van der Waals surface area contributed by atoms with Crippen LogP contribution in [0.5, 0.6) is 0 Å². The highest BCUT2D eigenvalue weighted by molar-refractivity contribution is 7.55. The molecule has 1 unspecified atom stereocenters. The van der Waals surface area contributed by atoms with Crippen molar-refractivity contribution in [2.24, 2.45) is 0 Å². The van der Waals surface area contributed by atoms with Gasteiger partial charge in [0.1, 0.15) is 5.02 Å². The van der Waals surface area contributed by atoms with Crippen molar-refractivity contribution in [3.63, 3.8) is 0 Å². The minimum atomic E-state index is -3.11. The Morgan fingerprint density at radius 3 is 2.59 bits per heavy atom. The topological polar surface area (TPSA) is 118 Å². The number of nitrogens with zero attached hydrogens (tertiary/aromatic N) is 3. The first-order chi connectivity index (χ1) is 18.8. The number of amides is 1. The summed E-state index contributed by atoms with van der Waals surface area (Å²) >= 11 is 12.9. The average molecular weight is 591 g/mol. The zero-order valence-electron chi connectivity index (χ0n) is 21.3. The molecule has 206 valence electrons. The number of halogens is 2. The van der Waals surface area contributed by atoms with E-state index in [1.165, 1.54) is 12.3 Å². The number of carbonyl (C=O) groups is 1. The summed E-state index contributed by atoms with van der Waals surface area (Å²) < 4.78 is 26.7. The molecule has 1 amide bonds. The fraction of sp³-hybridized carbons (Fsp3) is 0.269. The quantitative estimate of drug-likeness (QED) is 0.171. The molecule has 1 saturated heterocycles. The fourth-order valence-corrected chi connectivity index (χ4v) is 6.72. The lowest BCUT2D eigenvalue weighted by Gasteiger charge is -2.33. The molecule has 1 atom stereocenters. The summed E-state index contributed by atoms with van der Waals surface area (Å²) in [4.78, 5) is 20.3. The summed E-state index contributed by atoms with van der Waals surface area (Å²) in [5.41, 5.74) is 2.61. The van der Waals surface area contributed by atoms with Gasteiger partial charge in [-0.25, -0.2) is 9.65 Å². The molecule has 0 saturated carbocycles. The lowest BCUT2D eigenvalue weighted by molar-refractivity contribution is -0.111. The predicted molar refractivity (Wildman–Crippen MR) is 156 cm³/mol. The number of benzene rings is 2. The third-order valence-electron chi connectivity index (χ3n) is 5.75. The Morgan fingerprint density at radius 2 is 1.87 bits per heavy atom. The van der Waals surface area contributed by atoms with Crippen molar-refractivity contribution in [3.8, 4) is 0 Å². The van der Waals surface area contributed by atoms with Crippen LogP contribution in [0.3, 0.4) is 0 Å². The van der Waals surface area contributed by atoms with E-state index in [2.05, 4.69) is 32.5 Å². The van der Waals surface area contributed by atoms with E-state index in [9.17, 15) is 9.36 Å². The Labute approximate surface area is 237 Å². The summed E-state index contributed by atoms with van der Waals surface area (Å²) in [7, 11) is -3.11. The highest BCUT2D eigenvalue weighted by Gasteiger charge is 2.33. The number of ether oxygens (including phenoxy) is 1. The third-order valence-corrected chi connectivity index (χ3v) is 9.04. The Bertz CT molecular complexity index is 1390. The molecule has 0 spiro atoms. The largest absolute Gasteiger partial charge is 0.379 e. The molecule has 3 N–H and O–H groups in total. The highest BCUT2D eigenvalue weighted by atomic mass is 35.5. The van der Waals surface area contributed by atoms with Crippen molar-refractivity contribution in [1.82, 2.24) is 14.6 Å². The van der Waals surface area contributed by atoms with Crippen LogP contribution >= 0.6 is 30.7 Å². The average Bonchev–Trinajstić information content (AvgIpc) is 2.93. The predicted octanol–water partition coefficient (Wildman–Crippen LogP) is 6.46. The molecule has 1 aliphatic heterocycles. The van der Waals surface area contributed by atoms with Crippen molar-refractivity contribution in [1.29, 1.82) is 0 Å². The second kappa shape index (κ2) is 13.4. The number of carbonyl (C=O) groups excluding carboxylic acids is 1.